The number of esters is 1. The molecular formula is C7H10N2O4. The fraction of sp³-hybridized carbons (Fsp3) is 0.714. The lowest BCUT2D eigenvalue weighted by molar-refractivity contribution is -0.145. The van der Waals surface area contributed by atoms with Crippen LogP contribution in [0.2, 0.25) is 0 Å². The number of nitrogens with one attached hydrogen (secondary N) is 1. The summed E-state index contributed by atoms with van der Waals surface area (Å²) in [4.78, 5) is 23.4. The van der Waals surface area contributed by atoms with Crippen LogP contribution in [0.4, 0.5) is 0 Å². The van der Waals surface area contributed by atoms with Gasteiger partial charge in [0, 0.05) is 13.1 Å². The van der Waals surface area contributed by atoms with E-state index in [1.807, 2.05) is 0 Å². The Labute approximate surface area is 74.5 Å². The first kappa shape index (κ1) is 8.46. The Bertz CT molecular complexity index is 255. The molecule has 2 unspecified atom stereocenters. The number of carboxylic acid groups (broad SMARTS) is 1. The topological polar surface area (TPSA) is 78.9 Å². The zero-order chi connectivity index (χ0) is 9.42. The molecule has 0 bridgehead atoms. The molecule has 13 heavy (non-hydrogen) atoms. The largest absolute Gasteiger partial charge is 0.480 e. The first-order chi connectivity index (χ1) is 6.20. The number of carbonyl (C=O) groups is 2. The summed E-state index contributed by atoms with van der Waals surface area (Å²) in [7, 11) is 0. The molecule has 2 rings (SSSR count). The average Bonchev–Trinajstić information content (AvgIpc) is 2.48. The van der Waals surface area contributed by atoms with Gasteiger partial charge in [0.15, 0.2) is 0 Å². The fourth-order valence-electron chi connectivity index (χ4n) is 1.67. The van der Waals surface area contributed by atoms with Crippen LogP contribution in [0.15, 0.2) is 0 Å². The van der Waals surface area contributed by atoms with E-state index in [2.05, 4.69) is 5.32 Å². The minimum atomic E-state index is -0.921. The van der Waals surface area contributed by atoms with Crippen LogP contribution >= 0.6 is 0 Å². The third kappa shape index (κ3) is 1.27. The molecule has 6 nitrogen and oxygen atoms in total. The minimum Gasteiger partial charge on any atom is -0.480 e. The standard InChI is InChI=1S/C7H10N2O4/c10-6(11)4-1-8-2-5-7(12)13-3-9(4)5/h4-5,8H,1-3H2,(H,10,11). The highest BCUT2D eigenvalue weighted by atomic mass is 16.6. The highest BCUT2D eigenvalue weighted by molar-refractivity contribution is 5.81. The molecule has 0 amide bonds. The van der Waals surface area contributed by atoms with Crippen molar-refractivity contribution in [2.75, 3.05) is 19.8 Å². The summed E-state index contributed by atoms with van der Waals surface area (Å²) < 4.78 is 4.76. The number of hydrogen-bond acceptors (Lipinski definition) is 5. The summed E-state index contributed by atoms with van der Waals surface area (Å²) in [5.41, 5.74) is 0. The van der Waals surface area contributed by atoms with Gasteiger partial charge in [-0.25, -0.2) is 4.90 Å². The molecule has 2 saturated heterocycles. The van der Waals surface area contributed by atoms with Crippen molar-refractivity contribution in [3.8, 4) is 0 Å². The molecule has 2 N–H and O–H groups in total. The SMILES string of the molecule is O=C(O)C1CNCC2C(=O)OCN12. The van der Waals surface area contributed by atoms with Crippen molar-refractivity contribution in [1.29, 1.82) is 0 Å². The molecular weight excluding hydrogens is 176 g/mol. The Balaban J connectivity index is 2.16. The molecule has 0 spiro atoms. The predicted octanol–water partition coefficient (Wildman–Crippen LogP) is -1.77. The van der Waals surface area contributed by atoms with Gasteiger partial charge in [0.05, 0.1) is 0 Å². The molecule has 0 radical (unpaired) electrons. The van der Waals surface area contributed by atoms with Crippen LogP contribution in [0, 0.1) is 0 Å². The number of carbonyl (C=O) groups excluding carboxylic acids is 1. The van der Waals surface area contributed by atoms with Crippen molar-refractivity contribution in [1.82, 2.24) is 10.2 Å². The predicted molar refractivity (Wildman–Crippen MR) is 40.9 cm³/mol. The summed E-state index contributed by atoms with van der Waals surface area (Å²) in [5.74, 6) is -1.26. The zero-order valence-corrected chi connectivity index (χ0v) is 6.90. The number of fused-ring (bicyclic) bond motifs is 1. The number of nitrogens with zero attached hydrogens (tertiary/aromatic N) is 1. The minimum absolute atomic E-state index is 0.0994. The molecule has 2 fully saturated rings. The lowest BCUT2D eigenvalue weighted by Gasteiger charge is -2.31. The van der Waals surface area contributed by atoms with Gasteiger partial charge in [0.2, 0.25) is 0 Å². The third-order valence-electron chi connectivity index (χ3n) is 2.39. The normalized spacial score (nSPS) is 34.0. The number of rotatable bonds is 1. The van der Waals surface area contributed by atoms with Gasteiger partial charge in [-0.1, -0.05) is 0 Å². The van der Waals surface area contributed by atoms with Crippen LogP contribution in [-0.2, 0) is 14.3 Å². The fourth-order valence-corrected chi connectivity index (χ4v) is 1.67. The quantitative estimate of drug-likeness (QED) is 0.472. The zero-order valence-electron chi connectivity index (χ0n) is 6.90. The molecule has 2 heterocycles. The van der Waals surface area contributed by atoms with E-state index in [1.165, 1.54) is 0 Å². The van der Waals surface area contributed by atoms with E-state index in [1.54, 1.807) is 4.90 Å². The van der Waals surface area contributed by atoms with Gasteiger partial charge in [0.1, 0.15) is 18.8 Å². The van der Waals surface area contributed by atoms with Gasteiger partial charge >= 0.3 is 11.9 Å². The maximum atomic E-state index is 11.1. The Kier molecular flexibility index (Phi) is 1.93. The average molecular weight is 186 g/mol. The highest BCUT2D eigenvalue weighted by Crippen LogP contribution is 2.17. The maximum absolute atomic E-state index is 11.1. The third-order valence-corrected chi connectivity index (χ3v) is 2.39. The summed E-state index contributed by atoms with van der Waals surface area (Å²) in [6.45, 7) is 0.938. The summed E-state index contributed by atoms with van der Waals surface area (Å²) in [6.07, 6.45) is 0. The van der Waals surface area contributed by atoms with Gasteiger partial charge in [0.25, 0.3) is 0 Å². The lowest BCUT2D eigenvalue weighted by atomic mass is 10.1. The van der Waals surface area contributed by atoms with Gasteiger partial charge in [-0.3, -0.25) is 9.59 Å². The molecule has 6 heteroatoms. The highest BCUT2D eigenvalue weighted by Gasteiger charge is 2.44. The van der Waals surface area contributed by atoms with Crippen LogP contribution < -0.4 is 5.32 Å². The van der Waals surface area contributed by atoms with Crippen molar-refractivity contribution >= 4 is 11.9 Å². The molecule has 0 saturated carbocycles. The Morgan fingerprint density at radius 2 is 2.38 bits per heavy atom. The lowest BCUT2D eigenvalue weighted by Crippen LogP contribution is -2.59. The van der Waals surface area contributed by atoms with Crippen molar-refractivity contribution in [3.63, 3.8) is 0 Å². The molecule has 0 aliphatic carbocycles. The van der Waals surface area contributed by atoms with Crippen LogP contribution in [0.25, 0.3) is 0 Å². The van der Waals surface area contributed by atoms with Crippen molar-refractivity contribution in [2.45, 2.75) is 12.1 Å². The molecule has 2 aliphatic rings. The second-order valence-corrected chi connectivity index (χ2v) is 3.13. The Hall–Kier alpha value is -1.14. The van der Waals surface area contributed by atoms with E-state index in [9.17, 15) is 9.59 Å². The maximum Gasteiger partial charge on any atom is 0.326 e. The van der Waals surface area contributed by atoms with Crippen molar-refractivity contribution in [3.05, 3.63) is 0 Å². The monoisotopic (exact) mass is 186 g/mol. The number of piperazine rings is 1. The summed E-state index contributed by atoms with van der Waals surface area (Å²) in [5, 5.41) is 11.7. The van der Waals surface area contributed by atoms with E-state index in [-0.39, 0.29) is 12.7 Å². The second-order valence-electron chi connectivity index (χ2n) is 3.13. The van der Waals surface area contributed by atoms with Gasteiger partial charge in [-0.05, 0) is 0 Å². The first-order valence-corrected chi connectivity index (χ1v) is 4.06. The molecule has 0 aromatic rings. The smallest absolute Gasteiger partial charge is 0.326 e. The summed E-state index contributed by atoms with van der Waals surface area (Å²) in [6, 6.07) is -1.07. The first-order valence-electron chi connectivity index (χ1n) is 4.06. The van der Waals surface area contributed by atoms with Gasteiger partial charge < -0.3 is 15.2 Å². The molecule has 0 aromatic carbocycles. The molecule has 2 aliphatic heterocycles. The van der Waals surface area contributed by atoms with E-state index in [4.69, 9.17) is 9.84 Å². The van der Waals surface area contributed by atoms with Crippen LogP contribution in [0.1, 0.15) is 0 Å². The van der Waals surface area contributed by atoms with Crippen LogP contribution in [0.5, 0.6) is 0 Å². The van der Waals surface area contributed by atoms with E-state index in [0.717, 1.165) is 0 Å². The Morgan fingerprint density at radius 3 is 3.08 bits per heavy atom. The van der Waals surface area contributed by atoms with E-state index < -0.39 is 18.1 Å². The van der Waals surface area contributed by atoms with Crippen LogP contribution in [0.3, 0.4) is 0 Å². The van der Waals surface area contributed by atoms with Crippen molar-refractivity contribution < 1.29 is 19.4 Å². The van der Waals surface area contributed by atoms with Crippen molar-refractivity contribution in [2.24, 2.45) is 0 Å². The second kappa shape index (κ2) is 2.97. The number of ether oxygens (including phenoxy) is 1. The summed E-state index contributed by atoms with van der Waals surface area (Å²) >= 11 is 0. The number of carboxylic acids is 1. The number of aliphatic carboxylic acids is 1. The van der Waals surface area contributed by atoms with Gasteiger partial charge in [-0.2, -0.15) is 0 Å². The van der Waals surface area contributed by atoms with E-state index >= 15 is 0 Å². The van der Waals surface area contributed by atoms with Crippen LogP contribution in [-0.4, -0.2) is 53.8 Å². The molecule has 0 aromatic heterocycles. The Morgan fingerprint density at radius 1 is 1.62 bits per heavy atom. The molecule has 72 valence electrons. The molecule has 2 atom stereocenters. The number of hydrogen-bond donors (Lipinski definition) is 2. The number of cyclic esters (lactones) is 1. The van der Waals surface area contributed by atoms with Gasteiger partial charge in [-0.15, -0.1) is 0 Å². The van der Waals surface area contributed by atoms with E-state index in [0.29, 0.717) is 13.1 Å².